The summed E-state index contributed by atoms with van der Waals surface area (Å²) in [5.74, 6) is 0.498. The molecule has 0 bridgehead atoms. The summed E-state index contributed by atoms with van der Waals surface area (Å²) in [6.07, 6.45) is 0.750. The first kappa shape index (κ1) is 12.5. The number of alkyl halides is 1. The molecule has 84 valence electrons. The van der Waals surface area contributed by atoms with Crippen LogP contribution < -0.4 is 4.74 Å². The van der Waals surface area contributed by atoms with E-state index in [1.807, 2.05) is 0 Å². The summed E-state index contributed by atoms with van der Waals surface area (Å²) in [5, 5.41) is 0.789. The molecule has 0 saturated heterocycles. The highest BCUT2D eigenvalue weighted by Gasteiger charge is 2.04. The summed E-state index contributed by atoms with van der Waals surface area (Å²) in [6, 6.07) is 4.56. The monoisotopic (exact) mass is 276 g/mol. The van der Waals surface area contributed by atoms with Crippen molar-refractivity contribution in [2.45, 2.75) is 6.42 Å². The van der Waals surface area contributed by atoms with Crippen LogP contribution in [0.1, 0.15) is 5.56 Å². The lowest BCUT2D eigenvalue weighted by molar-refractivity contribution is 0.146. The van der Waals surface area contributed by atoms with Crippen molar-refractivity contribution in [3.8, 4) is 5.75 Å². The van der Waals surface area contributed by atoms with Gasteiger partial charge in [0.05, 0.1) is 6.61 Å². The Morgan fingerprint density at radius 3 is 2.80 bits per heavy atom. The average molecular weight is 277 g/mol. The van der Waals surface area contributed by atoms with E-state index >= 15 is 0 Å². The van der Waals surface area contributed by atoms with E-state index in [2.05, 4.69) is 15.9 Å². The highest BCUT2D eigenvalue weighted by Crippen LogP contribution is 2.20. The van der Waals surface area contributed by atoms with E-state index in [1.165, 1.54) is 12.1 Å². The first-order valence-electron chi connectivity index (χ1n) is 4.74. The summed E-state index contributed by atoms with van der Waals surface area (Å²) in [6.45, 7) is 1.02. The zero-order valence-corrected chi connectivity index (χ0v) is 10.2. The second-order valence-electron chi connectivity index (χ2n) is 3.03. The Labute approximate surface area is 97.5 Å². The number of halogens is 2. The predicted octanol–water partition coefficient (Wildman–Crippen LogP) is 2.79. The van der Waals surface area contributed by atoms with E-state index in [-0.39, 0.29) is 5.82 Å². The summed E-state index contributed by atoms with van der Waals surface area (Å²) < 4.78 is 23.3. The molecule has 1 aromatic carbocycles. The van der Waals surface area contributed by atoms with Crippen molar-refractivity contribution in [3.63, 3.8) is 0 Å². The Bertz CT molecular complexity index is 305. The quantitative estimate of drug-likeness (QED) is 0.588. The van der Waals surface area contributed by atoms with Crippen molar-refractivity contribution in [1.82, 2.24) is 0 Å². The minimum atomic E-state index is -0.231. The molecule has 0 unspecified atom stereocenters. The highest BCUT2D eigenvalue weighted by atomic mass is 79.9. The van der Waals surface area contributed by atoms with E-state index in [9.17, 15) is 4.39 Å². The van der Waals surface area contributed by atoms with Gasteiger partial charge in [0.1, 0.15) is 18.2 Å². The van der Waals surface area contributed by atoms with Crippen LogP contribution in [-0.4, -0.2) is 25.7 Å². The van der Waals surface area contributed by atoms with Gasteiger partial charge in [0.15, 0.2) is 0 Å². The number of ether oxygens (including phenoxy) is 2. The zero-order valence-electron chi connectivity index (χ0n) is 8.63. The van der Waals surface area contributed by atoms with Crippen LogP contribution in [0.15, 0.2) is 18.2 Å². The lowest BCUT2D eigenvalue weighted by atomic mass is 10.1. The fraction of sp³-hybridized carbons (Fsp3) is 0.455. The molecule has 0 fully saturated rings. The molecular weight excluding hydrogens is 263 g/mol. The third-order valence-corrected chi connectivity index (χ3v) is 2.33. The fourth-order valence-electron chi connectivity index (χ4n) is 1.22. The van der Waals surface area contributed by atoms with Crippen LogP contribution >= 0.6 is 15.9 Å². The normalized spacial score (nSPS) is 10.3. The Balaban J connectivity index is 2.67. The maximum absolute atomic E-state index is 13.0. The average Bonchev–Trinajstić information content (AvgIpc) is 2.22. The molecule has 0 aliphatic rings. The van der Waals surface area contributed by atoms with Gasteiger partial charge < -0.3 is 9.47 Å². The molecule has 4 heteroatoms. The minimum Gasteiger partial charge on any atom is -0.491 e. The number of rotatable bonds is 6. The minimum absolute atomic E-state index is 0.231. The Morgan fingerprint density at radius 2 is 2.13 bits per heavy atom. The van der Waals surface area contributed by atoms with Gasteiger partial charge in [0, 0.05) is 12.4 Å². The molecule has 0 amide bonds. The molecule has 15 heavy (non-hydrogen) atoms. The van der Waals surface area contributed by atoms with Crippen LogP contribution in [0.2, 0.25) is 0 Å². The molecule has 0 atom stereocenters. The highest BCUT2D eigenvalue weighted by molar-refractivity contribution is 9.09. The van der Waals surface area contributed by atoms with Gasteiger partial charge in [0.25, 0.3) is 0 Å². The molecule has 0 heterocycles. The van der Waals surface area contributed by atoms with Crippen molar-refractivity contribution in [2.75, 3.05) is 25.7 Å². The van der Waals surface area contributed by atoms with E-state index in [0.717, 1.165) is 23.1 Å². The smallest absolute Gasteiger partial charge is 0.123 e. The number of methoxy groups -OCH3 is 1. The maximum Gasteiger partial charge on any atom is 0.123 e. The van der Waals surface area contributed by atoms with Crippen LogP contribution in [-0.2, 0) is 11.2 Å². The van der Waals surface area contributed by atoms with Crippen LogP contribution in [0.3, 0.4) is 0 Å². The first-order chi connectivity index (χ1) is 7.27. The molecular formula is C11H14BrFO2. The van der Waals surface area contributed by atoms with E-state index in [1.54, 1.807) is 13.2 Å². The Hall–Kier alpha value is -0.610. The molecule has 2 nitrogen and oxygen atoms in total. The molecule has 0 radical (unpaired) electrons. The summed E-state index contributed by atoms with van der Waals surface area (Å²) >= 11 is 3.32. The van der Waals surface area contributed by atoms with Crippen LogP contribution in [0, 0.1) is 5.82 Å². The van der Waals surface area contributed by atoms with Gasteiger partial charge in [-0.15, -0.1) is 0 Å². The Morgan fingerprint density at radius 1 is 1.33 bits per heavy atom. The molecule has 1 aromatic rings. The second kappa shape index (κ2) is 6.80. The molecule has 0 saturated carbocycles. The van der Waals surface area contributed by atoms with Crippen molar-refractivity contribution in [3.05, 3.63) is 29.6 Å². The number of hydrogen-bond acceptors (Lipinski definition) is 2. The van der Waals surface area contributed by atoms with Crippen molar-refractivity contribution in [2.24, 2.45) is 0 Å². The van der Waals surface area contributed by atoms with Gasteiger partial charge in [-0.05, 0) is 30.2 Å². The van der Waals surface area contributed by atoms with Gasteiger partial charge in [-0.25, -0.2) is 4.39 Å². The molecule has 0 aliphatic heterocycles. The lowest BCUT2D eigenvalue weighted by Gasteiger charge is -2.10. The fourth-order valence-corrected chi connectivity index (χ4v) is 1.65. The molecule has 0 aromatic heterocycles. The van der Waals surface area contributed by atoms with Crippen LogP contribution in [0.25, 0.3) is 0 Å². The van der Waals surface area contributed by atoms with Crippen LogP contribution in [0.4, 0.5) is 4.39 Å². The number of aryl methyl sites for hydroxylation is 1. The zero-order chi connectivity index (χ0) is 11.1. The number of benzene rings is 1. The molecule has 0 aliphatic carbocycles. The van der Waals surface area contributed by atoms with Crippen LogP contribution in [0.5, 0.6) is 5.75 Å². The Kier molecular flexibility index (Phi) is 5.65. The van der Waals surface area contributed by atoms with Crippen molar-refractivity contribution < 1.29 is 13.9 Å². The lowest BCUT2D eigenvalue weighted by Crippen LogP contribution is -2.06. The first-order valence-corrected chi connectivity index (χ1v) is 5.86. The van der Waals surface area contributed by atoms with Gasteiger partial charge in [-0.1, -0.05) is 15.9 Å². The molecule has 0 N–H and O–H groups in total. The standard InChI is InChI=1S/C11H14BrFO2/c1-14-6-7-15-11-3-2-10(13)8-9(11)4-5-12/h2-3,8H,4-7H2,1H3. The third-order valence-electron chi connectivity index (χ3n) is 1.93. The van der Waals surface area contributed by atoms with E-state index < -0.39 is 0 Å². The van der Waals surface area contributed by atoms with E-state index in [4.69, 9.17) is 9.47 Å². The van der Waals surface area contributed by atoms with Crippen molar-refractivity contribution >= 4 is 15.9 Å². The van der Waals surface area contributed by atoms with Gasteiger partial charge in [-0.2, -0.15) is 0 Å². The maximum atomic E-state index is 13.0. The summed E-state index contributed by atoms with van der Waals surface area (Å²) in [7, 11) is 1.62. The predicted molar refractivity (Wildman–Crippen MR) is 61.3 cm³/mol. The molecule has 0 spiro atoms. The summed E-state index contributed by atoms with van der Waals surface area (Å²) in [5.41, 5.74) is 0.878. The summed E-state index contributed by atoms with van der Waals surface area (Å²) in [4.78, 5) is 0. The third kappa shape index (κ3) is 4.18. The topological polar surface area (TPSA) is 18.5 Å². The number of hydrogen-bond donors (Lipinski definition) is 0. The van der Waals surface area contributed by atoms with Gasteiger partial charge >= 0.3 is 0 Å². The molecule has 1 rings (SSSR count). The largest absolute Gasteiger partial charge is 0.491 e. The SMILES string of the molecule is COCCOc1ccc(F)cc1CCBr. The van der Waals surface area contributed by atoms with Crippen molar-refractivity contribution in [1.29, 1.82) is 0 Å². The van der Waals surface area contributed by atoms with Gasteiger partial charge in [0.2, 0.25) is 0 Å². The van der Waals surface area contributed by atoms with E-state index in [0.29, 0.717) is 13.2 Å². The second-order valence-corrected chi connectivity index (χ2v) is 3.83. The van der Waals surface area contributed by atoms with Gasteiger partial charge in [-0.3, -0.25) is 0 Å².